The predicted molar refractivity (Wildman–Crippen MR) is 87.7 cm³/mol. The van der Waals surface area contributed by atoms with E-state index in [9.17, 15) is 9.59 Å². The van der Waals surface area contributed by atoms with Crippen molar-refractivity contribution in [3.63, 3.8) is 0 Å². The van der Waals surface area contributed by atoms with E-state index in [4.69, 9.17) is 13.9 Å². The van der Waals surface area contributed by atoms with Gasteiger partial charge in [0.25, 0.3) is 0 Å². The van der Waals surface area contributed by atoms with Gasteiger partial charge in [0.15, 0.2) is 5.43 Å². The summed E-state index contributed by atoms with van der Waals surface area (Å²) in [6, 6.07) is 6.31. The Hall–Kier alpha value is -2.82. The summed E-state index contributed by atoms with van der Waals surface area (Å²) in [4.78, 5) is 23.7. The summed E-state index contributed by atoms with van der Waals surface area (Å²) in [5.41, 5.74) is 1.98. The highest BCUT2D eigenvalue weighted by Crippen LogP contribution is 2.56. The summed E-state index contributed by atoms with van der Waals surface area (Å²) >= 11 is 0. The third-order valence-electron chi connectivity index (χ3n) is 4.77. The first kappa shape index (κ1) is 14.8. The number of rotatable bonds is 3. The first-order chi connectivity index (χ1) is 11.5. The van der Waals surface area contributed by atoms with Crippen molar-refractivity contribution in [1.82, 2.24) is 0 Å². The molecule has 2 atom stereocenters. The second-order valence-corrected chi connectivity index (χ2v) is 6.35. The minimum atomic E-state index is -1.06. The van der Waals surface area contributed by atoms with Crippen molar-refractivity contribution in [2.45, 2.75) is 32.1 Å². The molecule has 3 aromatic rings. The number of aromatic carboxylic acids is 1. The Morgan fingerprint density at radius 2 is 1.92 bits per heavy atom. The van der Waals surface area contributed by atoms with Crippen LogP contribution in [0.3, 0.4) is 0 Å². The van der Waals surface area contributed by atoms with E-state index >= 15 is 0 Å². The maximum Gasteiger partial charge on any atom is 0.335 e. The maximum absolute atomic E-state index is 12.6. The van der Waals surface area contributed by atoms with E-state index in [0.717, 1.165) is 17.7 Å². The smallest absolute Gasteiger partial charge is 0.335 e. The molecule has 1 aliphatic rings. The second kappa shape index (κ2) is 5.09. The average Bonchev–Trinajstić information content (AvgIpc) is 3.23. The van der Waals surface area contributed by atoms with Gasteiger partial charge in [-0.15, -0.1) is 0 Å². The molecule has 0 saturated heterocycles. The number of hydrogen-bond donors (Lipinski definition) is 1. The first-order valence-electron chi connectivity index (χ1n) is 7.82. The molecular formula is C19H16O5. The topological polar surface area (TPSA) is 80.7 Å². The molecular weight excluding hydrogens is 308 g/mol. The van der Waals surface area contributed by atoms with E-state index in [0.29, 0.717) is 22.3 Å². The lowest BCUT2D eigenvalue weighted by Gasteiger charge is -2.07. The van der Waals surface area contributed by atoms with Crippen LogP contribution in [0.1, 0.15) is 51.3 Å². The van der Waals surface area contributed by atoms with Crippen LogP contribution in [0.15, 0.2) is 44.2 Å². The number of carboxylic acids is 1. The van der Waals surface area contributed by atoms with E-state index in [2.05, 4.69) is 0 Å². The number of carbonyl (C=O) groups is 1. The highest BCUT2D eigenvalue weighted by molar-refractivity contribution is 5.92. The van der Waals surface area contributed by atoms with Crippen LogP contribution in [0, 0.1) is 13.8 Å². The molecule has 2 heterocycles. The Balaban J connectivity index is 1.80. The summed E-state index contributed by atoms with van der Waals surface area (Å²) in [6.07, 6.45) is 2.56. The largest absolute Gasteiger partial charge is 0.478 e. The van der Waals surface area contributed by atoms with E-state index in [1.807, 2.05) is 13.0 Å². The van der Waals surface area contributed by atoms with Crippen LogP contribution in [-0.4, -0.2) is 11.1 Å². The summed E-state index contributed by atoms with van der Waals surface area (Å²) in [5, 5.41) is 9.39. The molecule has 2 unspecified atom stereocenters. The number of benzene rings is 1. The zero-order chi connectivity index (χ0) is 17.0. The van der Waals surface area contributed by atoms with Crippen LogP contribution in [0.4, 0.5) is 0 Å². The van der Waals surface area contributed by atoms with Gasteiger partial charge in [0.1, 0.15) is 17.1 Å². The van der Waals surface area contributed by atoms with Crippen molar-refractivity contribution >= 4 is 16.9 Å². The Morgan fingerprint density at radius 1 is 1.17 bits per heavy atom. The van der Waals surface area contributed by atoms with Gasteiger partial charge in [0, 0.05) is 17.4 Å². The molecule has 4 rings (SSSR count). The second-order valence-electron chi connectivity index (χ2n) is 6.35. The van der Waals surface area contributed by atoms with Crippen molar-refractivity contribution < 1.29 is 18.7 Å². The first-order valence-corrected chi connectivity index (χ1v) is 7.82. The van der Waals surface area contributed by atoms with Gasteiger partial charge < -0.3 is 13.9 Å². The van der Waals surface area contributed by atoms with Crippen LogP contribution in [0.5, 0.6) is 0 Å². The average molecular weight is 324 g/mol. The monoisotopic (exact) mass is 324 g/mol. The van der Waals surface area contributed by atoms with Gasteiger partial charge in [-0.3, -0.25) is 4.79 Å². The van der Waals surface area contributed by atoms with Crippen molar-refractivity contribution in [2.24, 2.45) is 0 Å². The number of hydrogen-bond acceptors (Lipinski definition) is 4. The molecule has 1 aromatic carbocycles. The lowest BCUT2D eigenvalue weighted by molar-refractivity contribution is 0.0697. The van der Waals surface area contributed by atoms with Crippen LogP contribution in [-0.2, 0) is 0 Å². The minimum absolute atomic E-state index is 0.0810. The number of aryl methyl sites for hydroxylation is 1. The minimum Gasteiger partial charge on any atom is -0.478 e. The fourth-order valence-electron chi connectivity index (χ4n) is 3.33. The summed E-state index contributed by atoms with van der Waals surface area (Å²) in [6.45, 7) is 3.74. The molecule has 0 spiro atoms. The molecule has 122 valence electrons. The van der Waals surface area contributed by atoms with E-state index in [1.165, 1.54) is 12.1 Å². The van der Waals surface area contributed by atoms with Crippen LogP contribution in [0.25, 0.3) is 11.0 Å². The van der Waals surface area contributed by atoms with Gasteiger partial charge in [-0.1, -0.05) is 0 Å². The Morgan fingerprint density at radius 3 is 2.58 bits per heavy atom. The van der Waals surface area contributed by atoms with Gasteiger partial charge in [-0.05, 0) is 50.1 Å². The summed E-state index contributed by atoms with van der Waals surface area (Å²) in [5.74, 6) is 0.928. The molecule has 5 heteroatoms. The van der Waals surface area contributed by atoms with Gasteiger partial charge >= 0.3 is 5.97 Å². The molecule has 0 radical (unpaired) electrons. The molecule has 5 nitrogen and oxygen atoms in total. The van der Waals surface area contributed by atoms with Crippen molar-refractivity contribution in [2.75, 3.05) is 0 Å². The highest BCUT2D eigenvalue weighted by atomic mass is 16.4. The normalized spacial score (nSPS) is 19.6. The Labute approximate surface area is 137 Å². The fourth-order valence-corrected chi connectivity index (χ4v) is 3.33. The van der Waals surface area contributed by atoms with Gasteiger partial charge in [-0.2, -0.15) is 0 Å². The van der Waals surface area contributed by atoms with Gasteiger partial charge in [0.05, 0.1) is 17.2 Å². The zero-order valence-electron chi connectivity index (χ0n) is 13.3. The van der Waals surface area contributed by atoms with Gasteiger partial charge in [-0.25, -0.2) is 4.79 Å². The van der Waals surface area contributed by atoms with E-state index < -0.39 is 5.97 Å². The highest BCUT2D eigenvalue weighted by Gasteiger charge is 2.45. The number of fused-ring (bicyclic) bond motifs is 1. The summed E-state index contributed by atoms with van der Waals surface area (Å²) < 4.78 is 11.5. The molecule has 2 aromatic heterocycles. The SMILES string of the molecule is Cc1ccoc1C1CC1c1oc2ccc(C(=O)O)cc2c(=O)c1C. The van der Waals surface area contributed by atoms with Crippen LogP contribution in [0.2, 0.25) is 0 Å². The molecule has 1 saturated carbocycles. The molecule has 1 fully saturated rings. The molecule has 0 aliphatic heterocycles. The lowest BCUT2D eigenvalue weighted by Crippen LogP contribution is -2.10. The van der Waals surface area contributed by atoms with Crippen LogP contribution >= 0.6 is 0 Å². The molecule has 0 bridgehead atoms. The fraction of sp³-hybridized carbons (Fsp3) is 0.263. The molecule has 0 amide bonds. The van der Waals surface area contributed by atoms with E-state index in [1.54, 1.807) is 19.3 Å². The zero-order valence-corrected chi connectivity index (χ0v) is 13.3. The summed E-state index contributed by atoms with van der Waals surface area (Å²) in [7, 11) is 0. The van der Waals surface area contributed by atoms with Gasteiger partial charge in [0.2, 0.25) is 0 Å². The predicted octanol–water partition coefficient (Wildman–Crippen LogP) is 3.97. The molecule has 1 aliphatic carbocycles. The third kappa shape index (κ3) is 2.16. The van der Waals surface area contributed by atoms with Crippen molar-refractivity contribution in [1.29, 1.82) is 0 Å². The van der Waals surface area contributed by atoms with E-state index in [-0.39, 0.29) is 22.8 Å². The number of carboxylic acid groups (broad SMARTS) is 1. The number of furan rings is 1. The Kier molecular flexibility index (Phi) is 3.13. The lowest BCUT2D eigenvalue weighted by atomic mass is 10.1. The van der Waals surface area contributed by atoms with Crippen LogP contribution < -0.4 is 5.43 Å². The molecule has 1 N–H and O–H groups in total. The quantitative estimate of drug-likeness (QED) is 0.788. The molecule has 24 heavy (non-hydrogen) atoms. The standard InChI is InChI=1S/C19H16O5/c1-9-5-6-23-17(9)12-8-13(12)18-10(2)16(20)14-7-11(19(21)22)3-4-15(14)24-18/h3-7,12-13H,8H2,1-2H3,(H,21,22). The Bertz CT molecular complexity index is 1020. The third-order valence-corrected chi connectivity index (χ3v) is 4.77. The van der Waals surface area contributed by atoms with Crippen molar-refractivity contribution in [3.8, 4) is 0 Å². The maximum atomic E-state index is 12.6. The van der Waals surface area contributed by atoms with Crippen molar-refractivity contribution in [3.05, 3.63) is 69.0 Å².